The summed E-state index contributed by atoms with van der Waals surface area (Å²) >= 11 is 0. The third-order valence-corrected chi connectivity index (χ3v) is 3.68. The standard InChI is InChI=1S/C18H19N5/c1-6-7-23-18-12(4)21-16(14-9-19-13(5)20-10-14)8-15(18)17(22-23)11(2)3/h6,8-10H,1-2,7H2,3-5H3. The Morgan fingerprint density at radius 3 is 2.57 bits per heavy atom. The smallest absolute Gasteiger partial charge is 0.125 e. The third kappa shape index (κ3) is 2.65. The number of rotatable bonds is 4. The first kappa shape index (κ1) is 15.1. The van der Waals surface area contributed by atoms with Gasteiger partial charge in [0.1, 0.15) is 5.82 Å². The molecule has 0 saturated carbocycles. The van der Waals surface area contributed by atoms with Gasteiger partial charge in [-0.15, -0.1) is 6.58 Å². The molecule has 0 aliphatic carbocycles. The Hall–Kier alpha value is -2.82. The van der Waals surface area contributed by atoms with E-state index in [-0.39, 0.29) is 0 Å². The molecule has 116 valence electrons. The molecule has 3 aromatic rings. The van der Waals surface area contributed by atoms with E-state index in [9.17, 15) is 0 Å². The average Bonchev–Trinajstić information content (AvgIpc) is 2.88. The summed E-state index contributed by atoms with van der Waals surface area (Å²) in [5.74, 6) is 0.743. The first-order valence-electron chi connectivity index (χ1n) is 7.45. The third-order valence-electron chi connectivity index (χ3n) is 3.68. The van der Waals surface area contributed by atoms with Crippen molar-refractivity contribution in [3.63, 3.8) is 0 Å². The SMILES string of the molecule is C=CCn1nc(C(=C)C)c2cc(-c3cnc(C)nc3)nc(C)c21. The molecule has 0 unspecified atom stereocenters. The molecule has 23 heavy (non-hydrogen) atoms. The van der Waals surface area contributed by atoms with Crippen LogP contribution < -0.4 is 0 Å². The zero-order valence-corrected chi connectivity index (χ0v) is 13.7. The number of aromatic nitrogens is 5. The van der Waals surface area contributed by atoms with Gasteiger partial charge in [-0.3, -0.25) is 9.67 Å². The molecule has 0 atom stereocenters. The molecule has 0 saturated heterocycles. The fourth-order valence-electron chi connectivity index (χ4n) is 2.64. The first-order chi connectivity index (χ1) is 11.0. The molecule has 3 rings (SSSR count). The van der Waals surface area contributed by atoms with E-state index in [2.05, 4.69) is 28.2 Å². The quantitative estimate of drug-likeness (QED) is 0.689. The van der Waals surface area contributed by atoms with Crippen LogP contribution in [-0.2, 0) is 6.54 Å². The molecule has 0 aliphatic rings. The van der Waals surface area contributed by atoms with Crippen LogP contribution in [0.3, 0.4) is 0 Å². The topological polar surface area (TPSA) is 56.5 Å². The average molecular weight is 305 g/mol. The number of fused-ring (bicyclic) bond motifs is 1. The van der Waals surface area contributed by atoms with Crippen molar-refractivity contribution in [1.29, 1.82) is 0 Å². The summed E-state index contributed by atoms with van der Waals surface area (Å²) in [7, 11) is 0. The molecular formula is C18H19N5. The van der Waals surface area contributed by atoms with E-state index in [0.29, 0.717) is 6.54 Å². The summed E-state index contributed by atoms with van der Waals surface area (Å²) < 4.78 is 1.92. The van der Waals surface area contributed by atoms with E-state index in [1.54, 1.807) is 12.4 Å². The van der Waals surface area contributed by atoms with Crippen LogP contribution in [0.1, 0.15) is 24.1 Å². The fourth-order valence-corrected chi connectivity index (χ4v) is 2.64. The van der Waals surface area contributed by atoms with Gasteiger partial charge < -0.3 is 0 Å². The van der Waals surface area contributed by atoms with E-state index >= 15 is 0 Å². The monoisotopic (exact) mass is 305 g/mol. The number of hydrogen-bond donors (Lipinski definition) is 0. The van der Waals surface area contributed by atoms with Crippen molar-refractivity contribution in [2.24, 2.45) is 0 Å². The van der Waals surface area contributed by atoms with Gasteiger partial charge in [0.2, 0.25) is 0 Å². The van der Waals surface area contributed by atoms with Gasteiger partial charge in [0, 0.05) is 23.3 Å². The number of hydrogen-bond acceptors (Lipinski definition) is 4. The minimum absolute atomic E-state index is 0.638. The highest BCUT2D eigenvalue weighted by atomic mass is 15.3. The second-order valence-electron chi connectivity index (χ2n) is 5.61. The zero-order valence-electron chi connectivity index (χ0n) is 13.7. The summed E-state index contributed by atoms with van der Waals surface area (Å²) in [4.78, 5) is 13.2. The van der Waals surface area contributed by atoms with Gasteiger partial charge in [-0.25, -0.2) is 9.97 Å². The summed E-state index contributed by atoms with van der Waals surface area (Å²) in [6.45, 7) is 14.3. The van der Waals surface area contributed by atoms with Crippen LogP contribution in [-0.4, -0.2) is 24.7 Å². The van der Waals surface area contributed by atoms with Crippen LogP contribution in [0.5, 0.6) is 0 Å². The maximum Gasteiger partial charge on any atom is 0.125 e. The molecule has 0 bridgehead atoms. The minimum atomic E-state index is 0.638. The van der Waals surface area contributed by atoms with E-state index in [4.69, 9.17) is 4.98 Å². The Labute approximate surface area is 135 Å². The van der Waals surface area contributed by atoms with Gasteiger partial charge in [0.25, 0.3) is 0 Å². The van der Waals surface area contributed by atoms with Crippen molar-refractivity contribution < 1.29 is 0 Å². The molecule has 0 aromatic carbocycles. The van der Waals surface area contributed by atoms with Crippen LogP contribution >= 0.6 is 0 Å². The predicted octanol–water partition coefficient (Wildman–Crippen LogP) is 3.72. The molecular weight excluding hydrogens is 286 g/mol. The van der Waals surface area contributed by atoms with Crippen LogP contribution in [0, 0.1) is 13.8 Å². The Bertz CT molecular complexity index is 903. The van der Waals surface area contributed by atoms with E-state index in [0.717, 1.165) is 44.9 Å². The highest BCUT2D eigenvalue weighted by Gasteiger charge is 2.16. The summed E-state index contributed by atoms with van der Waals surface area (Å²) in [6.07, 6.45) is 5.42. The predicted molar refractivity (Wildman–Crippen MR) is 92.9 cm³/mol. The van der Waals surface area contributed by atoms with Crippen LogP contribution in [0.25, 0.3) is 27.7 Å². The van der Waals surface area contributed by atoms with Crippen molar-refractivity contribution in [1.82, 2.24) is 24.7 Å². The lowest BCUT2D eigenvalue weighted by Gasteiger charge is -2.06. The van der Waals surface area contributed by atoms with Crippen molar-refractivity contribution in [2.75, 3.05) is 0 Å². The molecule has 0 aliphatic heterocycles. The molecule has 0 spiro atoms. The summed E-state index contributed by atoms with van der Waals surface area (Å²) in [5.41, 5.74) is 5.48. The van der Waals surface area contributed by atoms with Crippen LogP contribution in [0.15, 0.2) is 37.7 Å². The maximum atomic E-state index is 4.71. The Morgan fingerprint density at radius 2 is 1.96 bits per heavy atom. The number of nitrogens with zero attached hydrogens (tertiary/aromatic N) is 5. The van der Waals surface area contributed by atoms with Gasteiger partial charge in [-0.2, -0.15) is 5.10 Å². The molecule has 0 fully saturated rings. The highest BCUT2D eigenvalue weighted by Crippen LogP contribution is 2.29. The lowest BCUT2D eigenvalue weighted by molar-refractivity contribution is 0.722. The fraction of sp³-hybridized carbons (Fsp3) is 0.222. The minimum Gasteiger partial charge on any atom is -0.259 e. The lowest BCUT2D eigenvalue weighted by Crippen LogP contribution is -2.00. The van der Waals surface area contributed by atoms with Crippen molar-refractivity contribution >= 4 is 16.5 Å². The maximum absolute atomic E-state index is 4.71. The van der Waals surface area contributed by atoms with Gasteiger partial charge in [-0.1, -0.05) is 12.7 Å². The molecule has 5 heteroatoms. The number of aryl methyl sites for hydroxylation is 2. The largest absolute Gasteiger partial charge is 0.259 e. The molecule has 3 aromatic heterocycles. The molecule has 3 heterocycles. The lowest BCUT2D eigenvalue weighted by atomic mass is 10.1. The second-order valence-corrected chi connectivity index (χ2v) is 5.61. The van der Waals surface area contributed by atoms with E-state index in [1.807, 2.05) is 37.6 Å². The van der Waals surface area contributed by atoms with Crippen molar-refractivity contribution in [3.8, 4) is 11.3 Å². The molecule has 0 N–H and O–H groups in total. The number of pyridine rings is 1. The highest BCUT2D eigenvalue weighted by molar-refractivity contribution is 5.93. The second kappa shape index (κ2) is 5.76. The van der Waals surface area contributed by atoms with Gasteiger partial charge >= 0.3 is 0 Å². The van der Waals surface area contributed by atoms with E-state index < -0.39 is 0 Å². The zero-order chi connectivity index (χ0) is 16.6. The van der Waals surface area contributed by atoms with Crippen LogP contribution in [0.4, 0.5) is 0 Å². The normalized spacial score (nSPS) is 10.9. The Kier molecular flexibility index (Phi) is 3.78. The summed E-state index contributed by atoms with van der Waals surface area (Å²) in [6, 6.07) is 2.03. The molecule has 0 radical (unpaired) electrons. The molecule has 0 amide bonds. The summed E-state index contributed by atoms with van der Waals surface area (Å²) in [5, 5.41) is 5.71. The van der Waals surface area contributed by atoms with Crippen molar-refractivity contribution in [2.45, 2.75) is 27.3 Å². The van der Waals surface area contributed by atoms with Crippen LogP contribution in [0.2, 0.25) is 0 Å². The van der Waals surface area contributed by atoms with Gasteiger partial charge in [-0.05, 0) is 32.4 Å². The van der Waals surface area contributed by atoms with Crippen molar-refractivity contribution in [3.05, 3.63) is 54.9 Å². The first-order valence-corrected chi connectivity index (χ1v) is 7.45. The number of allylic oxidation sites excluding steroid dienone is 2. The van der Waals surface area contributed by atoms with Gasteiger partial charge in [0.05, 0.1) is 29.1 Å². The molecule has 5 nitrogen and oxygen atoms in total. The Morgan fingerprint density at radius 1 is 1.26 bits per heavy atom. The van der Waals surface area contributed by atoms with Gasteiger partial charge in [0.15, 0.2) is 0 Å². The van der Waals surface area contributed by atoms with E-state index in [1.165, 1.54) is 0 Å². The Balaban J connectivity index is 2.28.